The van der Waals surface area contributed by atoms with Crippen molar-refractivity contribution in [3.63, 3.8) is 0 Å². The molecule has 1 atom stereocenters. The molecule has 0 rings (SSSR count). The monoisotopic (exact) mass is 915 g/mol. The molecule has 6 heteroatoms. The van der Waals surface area contributed by atoms with E-state index in [2.05, 4.69) is 130 Å². The van der Waals surface area contributed by atoms with Crippen LogP contribution < -0.4 is 0 Å². The lowest BCUT2D eigenvalue weighted by Crippen LogP contribution is -2.30. The maximum absolute atomic E-state index is 12.8. The van der Waals surface area contributed by atoms with Gasteiger partial charge in [0.2, 0.25) is 0 Å². The molecule has 0 aromatic carbocycles. The fourth-order valence-corrected chi connectivity index (χ4v) is 6.99. The van der Waals surface area contributed by atoms with Crippen LogP contribution in [0.3, 0.4) is 0 Å². The highest BCUT2D eigenvalue weighted by Crippen LogP contribution is 2.13. The molecule has 0 aliphatic heterocycles. The molecule has 66 heavy (non-hydrogen) atoms. The van der Waals surface area contributed by atoms with Crippen molar-refractivity contribution < 1.29 is 28.6 Å². The Kier molecular flexibility index (Phi) is 50.5. The van der Waals surface area contributed by atoms with Gasteiger partial charge in [0.15, 0.2) is 6.10 Å². The lowest BCUT2D eigenvalue weighted by molar-refractivity contribution is -0.167. The van der Waals surface area contributed by atoms with Crippen LogP contribution in [-0.2, 0) is 28.6 Å². The lowest BCUT2D eigenvalue weighted by Gasteiger charge is -2.18. The predicted octanol–water partition coefficient (Wildman–Crippen LogP) is 17.9. The van der Waals surface area contributed by atoms with Gasteiger partial charge in [-0.1, -0.05) is 220 Å². The molecule has 0 aromatic rings. The minimum Gasteiger partial charge on any atom is -0.462 e. The fourth-order valence-electron chi connectivity index (χ4n) is 6.99. The smallest absolute Gasteiger partial charge is 0.306 e. The Morgan fingerprint density at radius 3 is 1.02 bits per heavy atom. The Labute approximate surface area is 406 Å². The summed E-state index contributed by atoms with van der Waals surface area (Å²) in [5.74, 6) is -0.978. The second-order valence-electron chi connectivity index (χ2n) is 17.4. The quantitative estimate of drug-likeness (QED) is 0.0262. The molecular weight excluding hydrogens is 817 g/mol. The Morgan fingerprint density at radius 2 is 0.606 bits per heavy atom. The summed E-state index contributed by atoms with van der Waals surface area (Å²) in [4.78, 5) is 37.9. The van der Waals surface area contributed by atoms with Crippen molar-refractivity contribution in [3.8, 4) is 0 Å². The van der Waals surface area contributed by atoms with Gasteiger partial charge in [0, 0.05) is 19.3 Å². The highest BCUT2D eigenvalue weighted by molar-refractivity contribution is 5.71. The SMILES string of the molecule is CC/C=C\C/C=C\C/C=C\C/C=C\C/C=C\C/C=C\C/C=C\CCCC(=O)OCC(COC(=O)CCCCCCCCCC)OC(=O)CCCCCCCCC/C=C\C/C=C\CCCCC. The molecule has 0 aliphatic carbocycles. The minimum absolute atomic E-state index is 0.100. The van der Waals surface area contributed by atoms with Crippen molar-refractivity contribution in [1.82, 2.24) is 0 Å². The van der Waals surface area contributed by atoms with Crippen LogP contribution in [0.15, 0.2) is 109 Å². The third kappa shape index (κ3) is 51.1. The number of carbonyl (C=O) groups is 3. The maximum atomic E-state index is 12.8. The van der Waals surface area contributed by atoms with Crippen LogP contribution in [0, 0.1) is 0 Å². The summed E-state index contributed by atoms with van der Waals surface area (Å²) in [6, 6.07) is 0. The van der Waals surface area contributed by atoms with Crippen LogP contribution in [-0.4, -0.2) is 37.2 Å². The largest absolute Gasteiger partial charge is 0.462 e. The lowest BCUT2D eigenvalue weighted by atomic mass is 10.1. The standard InChI is InChI=1S/C60H98O6/c1-4-7-10-13-16-19-21-23-25-27-28-29-30-31-32-34-35-37-39-41-44-47-50-53-59(62)65-56-57(55-64-58(61)52-49-46-43-18-15-12-9-6-3)66-60(63)54-51-48-45-42-40-38-36-33-26-24-22-20-17-14-11-8-5-2/h7,10,16-17,19-20,23-26,28-29,31-32,35,37,41,44,57H,4-6,8-9,11-15,18,21-22,27,30,33-34,36,38-40,42-43,45-56H2,1-3H3/b10-7-,19-16-,20-17-,25-23-,26-24-,29-28-,32-31-,37-35-,44-41-. The van der Waals surface area contributed by atoms with Gasteiger partial charge in [0.1, 0.15) is 13.2 Å². The summed E-state index contributed by atoms with van der Waals surface area (Å²) in [7, 11) is 0. The molecule has 0 aliphatic rings. The Bertz CT molecular complexity index is 1370. The van der Waals surface area contributed by atoms with Crippen molar-refractivity contribution in [1.29, 1.82) is 0 Å². The molecule has 374 valence electrons. The van der Waals surface area contributed by atoms with Gasteiger partial charge >= 0.3 is 17.9 Å². The van der Waals surface area contributed by atoms with E-state index >= 15 is 0 Å². The van der Waals surface area contributed by atoms with E-state index in [0.717, 1.165) is 103 Å². The molecule has 0 radical (unpaired) electrons. The number of rotatable bonds is 47. The Morgan fingerprint density at radius 1 is 0.318 bits per heavy atom. The number of allylic oxidation sites excluding steroid dienone is 18. The average Bonchev–Trinajstić information content (AvgIpc) is 3.31. The fraction of sp³-hybridized carbons (Fsp3) is 0.650. The second-order valence-corrected chi connectivity index (χ2v) is 17.4. The summed E-state index contributed by atoms with van der Waals surface area (Å²) in [5.41, 5.74) is 0. The van der Waals surface area contributed by atoms with E-state index in [4.69, 9.17) is 14.2 Å². The predicted molar refractivity (Wildman–Crippen MR) is 283 cm³/mol. The van der Waals surface area contributed by atoms with Crippen LogP contribution in [0.4, 0.5) is 0 Å². The van der Waals surface area contributed by atoms with Crippen LogP contribution in [0.25, 0.3) is 0 Å². The number of carbonyl (C=O) groups excluding carboxylic acids is 3. The number of unbranched alkanes of at least 4 members (excludes halogenated alkanes) is 18. The first-order chi connectivity index (χ1) is 32.5. The zero-order chi connectivity index (χ0) is 47.9. The van der Waals surface area contributed by atoms with Crippen molar-refractivity contribution >= 4 is 17.9 Å². The summed E-state index contributed by atoms with van der Waals surface area (Å²) in [6.07, 6.45) is 72.3. The van der Waals surface area contributed by atoms with E-state index in [0.29, 0.717) is 19.3 Å². The molecule has 0 bridgehead atoms. The maximum Gasteiger partial charge on any atom is 0.306 e. The second kappa shape index (κ2) is 53.7. The first-order valence-corrected chi connectivity index (χ1v) is 26.9. The number of hydrogen-bond donors (Lipinski definition) is 0. The average molecular weight is 915 g/mol. The van der Waals surface area contributed by atoms with Crippen molar-refractivity contribution in [3.05, 3.63) is 109 Å². The van der Waals surface area contributed by atoms with Crippen LogP contribution in [0.2, 0.25) is 0 Å². The summed E-state index contributed by atoms with van der Waals surface area (Å²) in [6.45, 7) is 6.40. The summed E-state index contributed by atoms with van der Waals surface area (Å²) in [5, 5.41) is 0. The van der Waals surface area contributed by atoms with Crippen molar-refractivity contribution in [2.75, 3.05) is 13.2 Å². The molecule has 0 amide bonds. The zero-order valence-corrected chi connectivity index (χ0v) is 42.7. The number of ether oxygens (including phenoxy) is 3. The van der Waals surface area contributed by atoms with Crippen molar-refractivity contribution in [2.45, 2.75) is 239 Å². The topological polar surface area (TPSA) is 78.9 Å². The van der Waals surface area contributed by atoms with E-state index < -0.39 is 6.10 Å². The van der Waals surface area contributed by atoms with E-state index in [-0.39, 0.29) is 37.5 Å². The van der Waals surface area contributed by atoms with Gasteiger partial charge in [0.25, 0.3) is 0 Å². The highest BCUT2D eigenvalue weighted by atomic mass is 16.6. The molecule has 0 N–H and O–H groups in total. The molecule has 0 heterocycles. The van der Waals surface area contributed by atoms with E-state index in [1.54, 1.807) is 0 Å². The van der Waals surface area contributed by atoms with Gasteiger partial charge in [-0.3, -0.25) is 14.4 Å². The Hall–Kier alpha value is -3.93. The van der Waals surface area contributed by atoms with Gasteiger partial charge in [0.05, 0.1) is 0 Å². The highest BCUT2D eigenvalue weighted by Gasteiger charge is 2.19. The molecule has 0 spiro atoms. The first-order valence-electron chi connectivity index (χ1n) is 26.9. The van der Waals surface area contributed by atoms with Crippen LogP contribution in [0.1, 0.15) is 233 Å². The summed E-state index contributed by atoms with van der Waals surface area (Å²) < 4.78 is 16.7. The van der Waals surface area contributed by atoms with Gasteiger partial charge in [-0.2, -0.15) is 0 Å². The minimum atomic E-state index is -0.805. The van der Waals surface area contributed by atoms with E-state index in [1.165, 1.54) is 83.5 Å². The molecule has 0 aromatic heterocycles. The van der Waals surface area contributed by atoms with Gasteiger partial charge < -0.3 is 14.2 Å². The first kappa shape index (κ1) is 62.1. The molecular formula is C60H98O6. The van der Waals surface area contributed by atoms with E-state index in [9.17, 15) is 14.4 Å². The summed E-state index contributed by atoms with van der Waals surface area (Å²) >= 11 is 0. The zero-order valence-electron chi connectivity index (χ0n) is 42.7. The molecule has 1 unspecified atom stereocenters. The number of hydrogen-bond acceptors (Lipinski definition) is 6. The third-order valence-electron chi connectivity index (χ3n) is 11.0. The Balaban J connectivity index is 4.40. The molecule has 6 nitrogen and oxygen atoms in total. The van der Waals surface area contributed by atoms with Gasteiger partial charge in [-0.15, -0.1) is 0 Å². The van der Waals surface area contributed by atoms with E-state index in [1.807, 2.05) is 0 Å². The van der Waals surface area contributed by atoms with Gasteiger partial charge in [-0.05, 0) is 103 Å². The van der Waals surface area contributed by atoms with Crippen molar-refractivity contribution in [2.24, 2.45) is 0 Å². The van der Waals surface area contributed by atoms with Crippen LogP contribution >= 0.6 is 0 Å². The molecule has 0 fully saturated rings. The third-order valence-corrected chi connectivity index (χ3v) is 11.0. The van der Waals surface area contributed by atoms with Gasteiger partial charge in [-0.25, -0.2) is 0 Å². The normalized spacial score (nSPS) is 13.0. The molecule has 0 saturated carbocycles. The number of esters is 3. The van der Waals surface area contributed by atoms with Crippen LogP contribution in [0.5, 0.6) is 0 Å². The molecule has 0 saturated heterocycles.